The SMILES string of the molecule is CCc1ccc(C(=O)Nc2ccc(C3SCC(=O)N3c3cccc(C)c3C)cc2)cc1. The molecule has 0 spiro atoms. The minimum absolute atomic E-state index is 0.0701. The predicted molar refractivity (Wildman–Crippen MR) is 129 cm³/mol. The van der Waals surface area contributed by atoms with Gasteiger partial charge in [-0.3, -0.25) is 14.5 Å². The van der Waals surface area contributed by atoms with Crippen molar-refractivity contribution in [2.75, 3.05) is 16.0 Å². The monoisotopic (exact) mass is 430 g/mol. The summed E-state index contributed by atoms with van der Waals surface area (Å²) in [4.78, 5) is 27.1. The zero-order chi connectivity index (χ0) is 22.0. The van der Waals surface area contributed by atoms with Gasteiger partial charge in [0.25, 0.3) is 5.91 Å². The largest absolute Gasteiger partial charge is 0.322 e. The minimum atomic E-state index is -0.127. The summed E-state index contributed by atoms with van der Waals surface area (Å²) < 4.78 is 0. The highest BCUT2D eigenvalue weighted by Gasteiger charge is 2.34. The first-order valence-electron chi connectivity index (χ1n) is 10.5. The van der Waals surface area contributed by atoms with Gasteiger partial charge < -0.3 is 5.32 Å². The molecular formula is C26H26N2O2S. The van der Waals surface area contributed by atoms with Gasteiger partial charge in [-0.05, 0) is 72.9 Å². The third-order valence-electron chi connectivity index (χ3n) is 5.78. The molecule has 0 saturated carbocycles. The lowest BCUT2D eigenvalue weighted by atomic mass is 10.1. The Morgan fingerprint density at radius 2 is 1.74 bits per heavy atom. The van der Waals surface area contributed by atoms with Crippen molar-refractivity contribution in [1.82, 2.24) is 0 Å². The van der Waals surface area contributed by atoms with Crippen LogP contribution in [0.4, 0.5) is 11.4 Å². The molecule has 5 heteroatoms. The van der Waals surface area contributed by atoms with Crippen LogP contribution in [0.25, 0.3) is 0 Å². The van der Waals surface area contributed by atoms with Crippen LogP contribution in [0.15, 0.2) is 66.7 Å². The molecule has 1 atom stereocenters. The third-order valence-corrected chi connectivity index (χ3v) is 6.99. The van der Waals surface area contributed by atoms with Crippen molar-refractivity contribution >= 4 is 35.0 Å². The van der Waals surface area contributed by atoms with Crippen molar-refractivity contribution in [2.24, 2.45) is 0 Å². The van der Waals surface area contributed by atoms with Crippen LogP contribution in [0, 0.1) is 13.8 Å². The molecule has 0 radical (unpaired) electrons. The van der Waals surface area contributed by atoms with Crippen LogP contribution in [-0.4, -0.2) is 17.6 Å². The predicted octanol–water partition coefficient (Wildman–Crippen LogP) is 5.90. The van der Waals surface area contributed by atoms with Crippen LogP contribution >= 0.6 is 11.8 Å². The van der Waals surface area contributed by atoms with Gasteiger partial charge in [0.05, 0.1) is 5.75 Å². The number of aryl methyl sites for hydroxylation is 2. The van der Waals surface area contributed by atoms with E-state index in [0.717, 1.165) is 28.9 Å². The number of benzene rings is 3. The highest BCUT2D eigenvalue weighted by atomic mass is 32.2. The van der Waals surface area contributed by atoms with E-state index in [1.54, 1.807) is 11.8 Å². The minimum Gasteiger partial charge on any atom is -0.322 e. The Morgan fingerprint density at radius 1 is 1.03 bits per heavy atom. The average Bonchev–Trinajstić information content (AvgIpc) is 3.17. The highest BCUT2D eigenvalue weighted by molar-refractivity contribution is 8.00. The number of hydrogen-bond acceptors (Lipinski definition) is 3. The second-order valence-corrected chi connectivity index (χ2v) is 8.84. The molecule has 2 amide bonds. The van der Waals surface area contributed by atoms with Crippen LogP contribution in [0.2, 0.25) is 0 Å². The number of hydrogen-bond donors (Lipinski definition) is 1. The number of thioether (sulfide) groups is 1. The van der Waals surface area contributed by atoms with Gasteiger partial charge >= 0.3 is 0 Å². The molecule has 158 valence electrons. The Bertz CT molecular complexity index is 1110. The number of amides is 2. The van der Waals surface area contributed by atoms with Gasteiger partial charge in [0, 0.05) is 16.9 Å². The molecule has 4 nitrogen and oxygen atoms in total. The van der Waals surface area contributed by atoms with Crippen LogP contribution in [0.3, 0.4) is 0 Å². The summed E-state index contributed by atoms with van der Waals surface area (Å²) in [7, 11) is 0. The van der Waals surface area contributed by atoms with Crippen LogP contribution < -0.4 is 10.2 Å². The fourth-order valence-corrected chi connectivity index (χ4v) is 4.92. The first kappa shape index (κ1) is 21.2. The zero-order valence-electron chi connectivity index (χ0n) is 18.0. The Labute approximate surface area is 187 Å². The maximum Gasteiger partial charge on any atom is 0.255 e. The zero-order valence-corrected chi connectivity index (χ0v) is 18.8. The number of anilines is 2. The lowest BCUT2D eigenvalue weighted by molar-refractivity contribution is -0.115. The molecule has 1 aliphatic heterocycles. The molecule has 0 bridgehead atoms. The van der Waals surface area contributed by atoms with Crippen molar-refractivity contribution in [3.8, 4) is 0 Å². The lowest BCUT2D eigenvalue weighted by Gasteiger charge is -2.26. The van der Waals surface area contributed by atoms with Crippen molar-refractivity contribution in [2.45, 2.75) is 32.6 Å². The molecule has 1 heterocycles. The summed E-state index contributed by atoms with van der Waals surface area (Å²) in [5.41, 5.74) is 6.89. The van der Waals surface area contributed by atoms with E-state index in [9.17, 15) is 9.59 Å². The smallest absolute Gasteiger partial charge is 0.255 e. The molecule has 1 unspecified atom stereocenters. The van der Waals surface area contributed by atoms with Gasteiger partial charge in [-0.1, -0.05) is 43.3 Å². The second kappa shape index (κ2) is 8.98. The first-order chi connectivity index (χ1) is 15.0. The Morgan fingerprint density at radius 3 is 2.42 bits per heavy atom. The van der Waals surface area contributed by atoms with Gasteiger partial charge in [-0.25, -0.2) is 0 Å². The van der Waals surface area contributed by atoms with Gasteiger partial charge in [-0.15, -0.1) is 11.8 Å². The number of rotatable bonds is 5. The van der Waals surface area contributed by atoms with Crippen LogP contribution in [-0.2, 0) is 11.2 Å². The molecule has 3 aromatic carbocycles. The Balaban J connectivity index is 1.52. The first-order valence-corrected chi connectivity index (χ1v) is 11.5. The molecule has 0 aliphatic carbocycles. The summed E-state index contributed by atoms with van der Waals surface area (Å²) in [5.74, 6) is 0.457. The summed E-state index contributed by atoms with van der Waals surface area (Å²) >= 11 is 1.63. The topological polar surface area (TPSA) is 49.4 Å². The van der Waals surface area contributed by atoms with E-state index in [-0.39, 0.29) is 17.2 Å². The summed E-state index contributed by atoms with van der Waals surface area (Å²) in [6.45, 7) is 6.21. The van der Waals surface area contributed by atoms with E-state index in [1.807, 2.05) is 65.6 Å². The molecule has 1 fully saturated rings. The average molecular weight is 431 g/mol. The highest BCUT2D eigenvalue weighted by Crippen LogP contribution is 2.43. The molecule has 4 rings (SSSR count). The fourth-order valence-electron chi connectivity index (χ4n) is 3.75. The molecule has 1 aliphatic rings. The van der Waals surface area contributed by atoms with Crippen LogP contribution in [0.1, 0.15) is 44.9 Å². The van der Waals surface area contributed by atoms with Gasteiger partial charge in [0.2, 0.25) is 5.91 Å². The normalized spacial score (nSPS) is 15.9. The number of nitrogens with zero attached hydrogens (tertiary/aromatic N) is 1. The summed E-state index contributed by atoms with van der Waals surface area (Å²) in [6.07, 6.45) is 0.949. The van der Waals surface area contributed by atoms with Gasteiger partial charge in [0.15, 0.2) is 0 Å². The summed E-state index contributed by atoms with van der Waals surface area (Å²) in [6, 6.07) is 21.5. The maximum absolute atomic E-state index is 12.7. The third kappa shape index (κ3) is 4.37. The molecule has 31 heavy (non-hydrogen) atoms. The van der Waals surface area contributed by atoms with Gasteiger partial charge in [-0.2, -0.15) is 0 Å². The standard InChI is InChI=1S/C26H26N2O2S/c1-4-19-8-10-20(11-9-19)25(30)27-22-14-12-21(13-15-22)26-28(24(29)16-31-26)23-7-5-6-17(2)18(23)3/h5-15,26H,4,16H2,1-3H3,(H,27,30). The second-order valence-electron chi connectivity index (χ2n) is 7.77. The lowest BCUT2D eigenvalue weighted by Crippen LogP contribution is -2.28. The van der Waals surface area contributed by atoms with E-state index in [2.05, 4.69) is 32.2 Å². The number of nitrogens with one attached hydrogen (secondary N) is 1. The van der Waals surface area contributed by atoms with Crippen molar-refractivity contribution in [1.29, 1.82) is 0 Å². The van der Waals surface area contributed by atoms with E-state index in [4.69, 9.17) is 0 Å². The molecular weight excluding hydrogens is 404 g/mol. The molecule has 1 N–H and O–H groups in total. The van der Waals surface area contributed by atoms with Crippen molar-refractivity contribution < 1.29 is 9.59 Å². The van der Waals surface area contributed by atoms with Crippen molar-refractivity contribution in [3.05, 3.63) is 94.5 Å². The van der Waals surface area contributed by atoms with Crippen LogP contribution in [0.5, 0.6) is 0 Å². The van der Waals surface area contributed by atoms with Crippen molar-refractivity contribution in [3.63, 3.8) is 0 Å². The van der Waals surface area contributed by atoms with Gasteiger partial charge in [0.1, 0.15) is 5.37 Å². The number of carbonyl (C=O) groups is 2. The molecule has 3 aromatic rings. The molecule has 1 saturated heterocycles. The Hall–Kier alpha value is -3.05. The van der Waals surface area contributed by atoms with E-state index < -0.39 is 0 Å². The number of carbonyl (C=O) groups excluding carboxylic acids is 2. The van der Waals surface area contributed by atoms with E-state index >= 15 is 0 Å². The quantitative estimate of drug-likeness (QED) is 0.548. The fraction of sp³-hybridized carbons (Fsp3) is 0.231. The maximum atomic E-state index is 12.7. The Kier molecular flexibility index (Phi) is 6.14. The molecule has 0 aromatic heterocycles. The summed E-state index contributed by atoms with van der Waals surface area (Å²) in [5, 5.41) is 2.89. The van der Waals surface area contributed by atoms with E-state index in [1.165, 1.54) is 11.1 Å². The van der Waals surface area contributed by atoms with E-state index in [0.29, 0.717) is 11.3 Å².